The van der Waals surface area contributed by atoms with Crippen LogP contribution in [0.4, 0.5) is 18.9 Å². The molecule has 0 fully saturated rings. The number of aromatic nitrogens is 1. The van der Waals surface area contributed by atoms with Crippen LogP contribution in [0.25, 0.3) is 0 Å². The lowest BCUT2D eigenvalue weighted by molar-refractivity contribution is -0.274. The van der Waals surface area contributed by atoms with E-state index in [1.54, 1.807) is 6.07 Å². The average Bonchev–Trinajstić information content (AvgIpc) is 2.50. The molecule has 0 aliphatic rings. The van der Waals surface area contributed by atoms with Crippen LogP contribution in [0.15, 0.2) is 30.5 Å². The van der Waals surface area contributed by atoms with E-state index in [2.05, 4.69) is 15.0 Å². The number of anilines is 1. The zero-order valence-corrected chi connectivity index (χ0v) is 13.9. The summed E-state index contributed by atoms with van der Waals surface area (Å²) in [7, 11) is 0. The number of hydrogen-bond acceptors (Lipinski definition) is 4. The van der Waals surface area contributed by atoms with Gasteiger partial charge in [0.15, 0.2) is 0 Å². The molecule has 0 radical (unpaired) electrons. The molecule has 0 saturated heterocycles. The third-order valence-electron chi connectivity index (χ3n) is 3.23. The number of carbonyl (C=O) groups is 1. The average molecular weight is 354 g/mol. The van der Waals surface area contributed by atoms with Crippen molar-refractivity contribution in [1.82, 2.24) is 4.98 Å². The summed E-state index contributed by atoms with van der Waals surface area (Å²) in [6, 6.07) is 5.85. The highest BCUT2D eigenvalue weighted by Crippen LogP contribution is 2.32. The van der Waals surface area contributed by atoms with Crippen LogP contribution in [0.3, 0.4) is 0 Å². The van der Waals surface area contributed by atoms with Crippen LogP contribution in [0, 0.1) is 6.92 Å². The number of nitrogens with one attached hydrogen (secondary N) is 1. The van der Waals surface area contributed by atoms with Gasteiger partial charge in [-0.3, -0.25) is 4.79 Å². The third-order valence-corrected chi connectivity index (χ3v) is 3.23. The molecule has 1 aromatic heterocycles. The monoisotopic (exact) mass is 354 g/mol. The van der Waals surface area contributed by atoms with E-state index in [1.807, 2.05) is 6.92 Å². The summed E-state index contributed by atoms with van der Waals surface area (Å²) in [6.45, 7) is 4.75. The predicted molar refractivity (Wildman–Crippen MR) is 85.9 cm³/mol. The predicted octanol–water partition coefficient (Wildman–Crippen LogP) is 4.60. The van der Waals surface area contributed by atoms with Crippen molar-refractivity contribution in [2.45, 2.75) is 33.6 Å². The fourth-order valence-electron chi connectivity index (χ4n) is 2.10. The molecule has 1 aromatic carbocycles. The summed E-state index contributed by atoms with van der Waals surface area (Å²) in [5.74, 6) is -0.152. The molecule has 1 heterocycles. The number of hydrogen-bond donors (Lipinski definition) is 1. The largest absolute Gasteiger partial charge is 0.573 e. The molecule has 25 heavy (non-hydrogen) atoms. The first-order valence-corrected chi connectivity index (χ1v) is 7.48. The van der Waals surface area contributed by atoms with E-state index >= 15 is 0 Å². The highest BCUT2D eigenvalue weighted by molar-refractivity contribution is 5.88. The molecular weight excluding hydrogens is 337 g/mol. The van der Waals surface area contributed by atoms with E-state index < -0.39 is 6.36 Å². The Balaban J connectivity index is 2.27. The zero-order chi connectivity index (χ0) is 18.6. The Morgan fingerprint density at radius 2 is 2.00 bits per heavy atom. The molecule has 2 aromatic rings. The number of amides is 1. The van der Waals surface area contributed by atoms with Gasteiger partial charge in [0.2, 0.25) is 11.8 Å². The van der Waals surface area contributed by atoms with Gasteiger partial charge in [-0.05, 0) is 31.0 Å². The van der Waals surface area contributed by atoms with Crippen molar-refractivity contribution >= 4 is 11.6 Å². The molecule has 0 bridgehead atoms. The SMILES string of the molecule is CCc1cc(NC(C)=O)cnc1Oc1ccc(C)c(OC(F)(F)F)c1. The normalized spacial score (nSPS) is 11.1. The molecule has 1 N–H and O–H groups in total. The number of nitrogens with zero attached hydrogens (tertiary/aromatic N) is 1. The molecule has 0 aliphatic carbocycles. The maximum Gasteiger partial charge on any atom is 0.573 e. The number of aryl methyl sites for hydroxylation is 2. The van der Waals surface area contributed by atoms with Gasteiger partial charge in [-0.1, -0.05) is 13.0 Å². The minimum atomic E-state index is -4.78. The number of carbonyl (C=O) groups excluding carboxylic acids is 1. The van der Waals surface area contributed by atoms with E-state index in [0.29, 0.717) is 23.2 Å². The van der Waals surface area contributed by atoms with Gasteiger partial charge >= 0.3 is 6.36 Å². The Labute approximate surface area is 142 Å². The van der Waals surface area contributed by atoms with Crippen LogP contribution in [-0.2, 0) is 11.2 Å². The second-order valence-electron chi connectivity index (χ2n) is 5.30. The number of pyridine rings is 1. The van der Waals surface area contributed by atoms with Crippen molar-refractivity contribution in [1.29, 1.82) is 0 Å². The van der Waals surface area contributed by atoms with Crippen molar-refractivity contribution in [3.63, 3.8) is 0 Å². The van der Waals surface area contributed by atoms with Crippen LogP contribution < -0.4 is 14.8 Å². The number of alkyl halides is 3. The van der Waals surface area contributed by atoms with Crippen molar-refractivity contribution < 1.29 is 27.4 Å². The van der Waals surface area contributed by atoms with Crippen molar-refractivity contribution in [2.24, 2.45) is 0 Å². The first-order valence-electron chi connectivity index (χ1n) is 7.48. The minimum Gasteiger partial charge on any atom is -0.439 e. The molecule has 0 unspecified atom stereocenters. The first-order chi connectivity index (χ1) is 11.7. The summed E-state index contributed by atoms with van der Waals surface area (Å²) in [5.41, 5.74) is 1.54. The number of rotatable bonds is 5. The molecule has 5 nitrogen and oxygen atoms in total. The summed E-state index contributed by atoms with van der Waals surface area (Å²) in [5, 5.41) is 2.61. The molecule has 134 valence electrons. The number of ether oxygens (including phenoxy) is 2. The molecule has 1 amide bonds. The van der Waals surface area contributed by atoms with Crippen molar-refractivity contribution in [3.8, 4) is 17.4 Å². The van der Waals surface area contributed by atoms with Gasteiger partial charge in [0.05, 0.1) is 11.9 Å². The fraction of sp³-hybridized carbons (Fsp3) is 0.294. The van der Waals surface area contributed by atoms with Gasteiger partial charge in [0.25, 0.3) is 0 Å². The summed E-state index contributed by atoms with van der Waals surface area (Å²) in [6.07, 6.45) is -2.80. The molecular formula is C17H17F3N2O3. The number of halogens is 3. The Bertz CT molecular complexity index is 776. The van der Waals surface area contributed by atoms with Gasteiger partial charge in [0.1, 0.15) is 11.5 Å². The van der Waals surface area contributed by atoms with Gasteiger partial charge < -0.3 is 14.8 Å². The van der Waals surface area contributed by atoms with Gasteiger partial charge in [-0.25, -0.2) is 4.98 Å². The molecule has 8 heteroatoms. The minimum absolute atomic E-state index is 0.166. The quantitative estimate of drug-likeness (QED) is 0.852. The van der Waals surface area contributed by atoms with Crippen LogP contribution in [0.1, 0.15) is 25.0 Å². The number of benzene rings is 1. The second kappa shape index (κ2) is 7.42. The van der Waals surface area contributed by atoms with Crippen LogP contribution in [0.2, 0.25) is 0 Å². The first kappa shape index (κ1) is 18.6. The highest BCUT2D eigenvalue weighted by Gasteiger charge is 2.32. The van der Waals surface area contributed by atoms with Crippen molar-refractivity contribution in [3.05, 3.63) is 41.6 Å². The third kappa shape index (κ3) is 5.37. The lowest BCUT2D eigenvalue weighted by Crippen LogP contribution is -2.17. The van der Waals surface area contributed by atoms with E-state index in [1.165, 1.54) is 32.2 Å². The van der Waals surface area contributed by atoms with Crippen LogP contribution in [-0.4, -0.2) is 17.3 Å². The van der Waals surface area contributed by atoms with E-state index in [-0.39, 0.29) is 23.3 Å². The zero-order valence-electron chi connectivity index (χ0n) is 13.9. The maximum absolute atomic E-state index is 12.4. The van der Waals surface area contributed by atoms with Crippen molar-refractivity contribution in [2.75, 3.05) is 5.32 Å². The Morgan fingerprint density at radius 3 is 2.60 bits per heavy atom. The van der Waals surface area contributed by atoms with E-state index in [4.69, 9.17) is 4.74 Å². The fourth-order valence-corrected chi connectivity index (χ4v) is 2.10. The van der Waals surface area contributed by atoms with Gasteiger partial charge in [0, 0.05) is 18.6 Å². The van der Waals surface area contributed by atoms with Crippen LogP contribution in [0.5, 0.6) is 17.4 Å². The summed E-state index contributed by atoms with van der Waals surface area (Å²) in [4.78, 5) is 15.2. The van der Waals surface area contributed by atoms with E-state index in [9.17, 15) is 18.0 Å². The highest BCUT2D eigenvalue weighted by atomic mass is 19.4. The Kier molecular flexibility index (Phi) is 5.51. The molecule has 0 spiro atoms. The molecule has 0 atom stereocenters. The second-order valence-corrected chi connectivity index (χ2v) is 5.30. The van der Waals surface area contributed by atoms with E-state index in [0.717, 1.165) is 6.07 Å². The lowest BCUT2D eigenvalue weighted by atomic mass is 10.2. The molecule has 0 saturated carbocycles. The smallest absolute Gasteiger partial charge is 0.439 e. The summed E-state index contributed by atoms with van der Waals surface area (Å²) < 4.78 is 46.9. The van der Waals surface area contributed by atoms with Gasteiger partial charge in [-0.2, -0.15) is 0 Å². The van der Waals surface area contributed by atoms with Crippen LogP contribution >= 0.6 is 0 Å². The Morgan fingerprint density at radius 1 is 1.28 bits per heavy atom. The molecule has 0 aliphatic heterocycles. The lowest BCUT2D eigenvalue weighted by Gasteiger charge is -2.14. The Hall–Kier alpha value is -2.77. The van der Waals surface area contributed by atoms with Gasteiger partial charge in [-0.15, -0.1) is 13.2 Å². The topological polar surface area (TPSA) is 60.5 Å². The standard InChI is InChI=1S/C17H17F3N2O3/c1-4-12-7-13(22-11(3)23)9-21-16(12)24-14-6-5-10(2)15(8-14)25-17(18,19)20/h5-9H,4H2,1-3H3,(H,22,23). The summed E-state index contributed by atoms with van der Waals surface area (Å²) >= 11 is 0. The maximum atomic E-state index is 12.4. The molecule has 2 rings (SSSR count).